The number of sulfonamides is 1. The van der Waals surface area contributed by atoms with E-state index in [1.165, 1.54) is 24.3 Å². The molecule has 3 N–H and O–H groups in total. The molecule has 0 saturated carbocycles. The Morgan fingerprint density at radius 2 is 1.80 bits per heavy atom. The average molecular weight is 294 g/mol. The largest absolute Gasteiger partial charge is 0.399 e. The first-order valence-electron chi connectivity index (χ1n) is 5.97. The van der Waals surface area contributed by atoms with Crippen molar-refractivity contribution in [2.24, 2.45) is 0 Å². The van der Waals surface area contributed by atoms with Gasteiger partial charge < -0.3 is 5.73 Å². The normalized spacial score (nSPS) is 11.3. The van der Waals surface area contributed by atoms with Crippen molar-refractivity contribution in [3.05, 3.63) is 59.4 Å². The van der Waals surface area contributed by atoms with Crippen LogP contribution in [0.4, 0.5) is 15.8 Å². The third-order valence-corrected chi connectivity index (χ3v) is 4.04. The van der Waals surface area contributed by atoms with Crippen LogP contribution in [-0.2, 0) is 15.8 Å². The first-order valence-corrected chi connectivity index (χ1v) is 7.62. The van der Waals surface area contributed by atoms with Crippen LogP contribution < -0.4 is 10.5 Å². The van der Waals surface area contributed by atoms with E-state index in [-0.39, 0.29) is 5.75 Å². The standard InChI is InChI=1S/C14H15FN2O2S/c1-10-2-7-13(16)8-14(10)17-20(18,19)9-11-3-5-12(15)6-4-11/h2-8,17H,9,16H2,1H3. The van der Waals surface area contributed by atoms with Crippen LogP contribution in [0.5, 0.6) is 0 Å². The van der Waals surface area contributed by atoms with Crippen LogP contribution in [-0.4, -0.2) is 8.42 Å². The van der Waals surface area contributed by atoms with Crippen molar-refractivity contribution in [3.63, 3.8) is 0 Å². The van der Waals surface area contributed by atoms with Crippen molar-refractivity contribution in [1.29, 1.82) is 0 Å². The van der Waals surface area contributed by atoms with Crippen LogP contribution in [0.3, 0.4) is 0 Å². The summed E-state index contributed by atoms with van der Waals surface area (Å²) in [5, 5.41) is 0. The fraction of sp³-hybridized carbons (Fsp3) is 0.143. The molecule has 0 aliphatic carbocycles. The van der Waals surface area contributed by atoms with Crippen LogP contribution in [0, 0.1) is 12.7 Å². The number of anilines is 2. The molecule has 6 heteroatoms. The van der Waals surface area contributed by atoms with Gasteiger partial charge >= 0.3 is 0 Å². The molecule has 0 amide bonds. The van der Waals surface area contributed by atoms with E-state index in [1.54, 1.807) is 25.1 Å². The number of nitrogens with one attached hydrogen (secondary N) is 1. The Bertz CT molecular complexity index is 712. The Hall–Kier alpha value is -2.08. The van der Waals surface area contributed by atoms with Gasteiger partial charge in [0.25, 0.3) is 0 Å². The quantitative estimate of drug-likeness (QED) is 0.851. The van der Waals surface area contributed by atoms with Gasteiger partial charge in [0.1, 0.15) is 5.82 Å². The number of halogens is 1. The first-order chi connectivity index (χ1) is 9.35. The van der Waals surface area contributed by atoms with Crippen molar-refractivity contribution in [3.8, 4) is 0 Å². The van der Waals surface area contributed by atoms with Crippen molar-refractivity contribution < 1.29 is 12.8 Å². The van der Waals surface area contributed by atoms with Gasteiger partial charge in [-0.25, -0.2) is 12.8 Å². The highest BCUT2D eigenvalue weighted by Crippen LogP contribution is 2.20. The minimum Gasteiger partial charge on any atom is -0.399 e. The Balaban J connectivity index is 2.19. The van der Waals surface area contributed by atoms with Gasteiger partial charge in [-0.05, 0) is 42.3 Å². The number of rotatable bonds is 4. The molecule has 2 aromatic carbocycles. The minimum absolute atomic E-state index is 0.221. The summed E-state index contributed by atoms with van der Waals surface area (Å²) < 4.78 is 39.4. The van der Waals surface area contributed by atoms with Gasteiger partial charge in [0.05, 0.1) is 11.4 Å². The predicted octanol–water partition coefficient (Wildman–Crippen LogP) is 2.66. The minimum atomic E-state index is -3.57. The van der Waals surface area contributed by atoms with E-state index in [9.17, 15) is 12.8 Å². The topological polar surface area (TPSA) is 72.2 Å². The van der Waals surface area contributed by atoms with Gasteiger partial charge in [-0.1, -0.05) is 18.2 Å². The lowest BCUT2D eigenvalue weighted by Crippen LogP contribution is -2.16. The summed E-state index contributed by atoms with van der Waals surface area (Å²) in [6.07, 6.45) is 0. The molecular formula is C14H15FN2O2S. The molecule has 0 aromatic heterocycles. The average Bonchev–Trinajstić information content (AvgIpc) is 2.36. The second-order valence-electron chi connectivity index (χ2n) is 4.56. The van der Waals surface area contributed by atoms with Gasteiger partial charge in [0.2, 0.25) is 10.0 Å². The zero-order chi connectivity index (χ0) is 14.8. The highest BCUT2D eigenvalue weighted by atomic mass is 32.2. The van der Waals surface area contributed by atoms with Crippen LogP contribution in [0.2, 0.25) is 0 Å². The Morgan fingerprint density at radius 1 is 1.15 bits per heavy atom. The second kappa shape index (κ2) is 5.50. The van der Waals surface area contributed by atoms with Crippen molar-refractivity contribution >= 4 is 21.4 Å². The molecule has 0 aliphatic rings. The van der Waals surface area contributed by atoms with Gasteiger partial charge in [-0.15, -0.1) is 0 Å². The maximum Gasteiger partial charge on any atom is 0.236 e. The first kappa shape index (κ1) is 14.3. The molecule has 0 aliphatic heterocycles. The number of hydrogen-bond acceptors (Lipinski definition) is 3. The second-order valence-corrected chi connectivity index (χ2v) is 6.28. The van der Waals surface area contributed by atoms with Crippen LogP contribution in [0.1, 0.15) is 11.1 Å². The van der Waals surface area contributed by atoms with Gasteiger partial charge in [0.15, 0.2) is 0 Å². The Kier molecular flexibility index (Phi) is 3.94. The fourth-order valence-electron chi connectivity index (χ4n) is 1.75. The van der Waals surface area contributed by atoms with E-state index in [1.807, 2.05) is 0 Å². The van der Waals surface area contributed by atoms with Gasteiger partial charge in [-0.3, -0.25) is 4.72 Å². The summed E-state index contributed by atoms with van der Waals surface area (Å²) in [5.41, 5.74) is 7.87. The van der Waals surface area contributed by atoms with Crippen LogP contribution >= 0.6 is 0 Å². The van der Waals surface area contributed by atoms with E-state index in [0.717, 1.165) is 5.56 Å². The third kappa shape index (κ3) is 3.71. The van der Waals surface area contributed by atoms with E-state index < -0.39 is 15.8 Å². The van der Waals surface area contributed by atoms with Gasteiger partial charge in [-0.2, -0.15) is 0 Å². The van der Waals surface area contributed by atoms with E-state index >= 15 is 0 Å². The summed E-state index contributed by atoms with van der Waals surface area (Å²) in [4.78, 5) is 0. The maximum absolute atomic E-state index is 12.8. The SMILES string of the molecule is Cc1ccc(N)cc1NS(=O)(=O)Cc1ccc(F)cc1. The van der Waals surface area contributed by atoms with Gasteiger partial charge in [0, 0.05) is 5.69 Å². The molecule has 4 nitrogen and oxygen atoms in total. The van der Waals surface area contributed by atoms with Crippen molar-refractivity contribution in [1.82, 2.24) is 0 Å². The van der Waals surface area contributed by atoms with Crippen molar-refractivity contribution in [2.45, 2.75) is 12.7 Å². The lowest BCUT2D eigenvalue weighted by molar-refractivity contribution is 0.600. The third-order valence-electron chi connectivity index (χ3n) is 2.80. The monoisotopic (exact) mass is 294 g/mol. The number of nitrogen functional groups attached to an aromatic ring is 1. The fourth-order valence-corrected chi connectivity index (χ4v) is 3.01. The summed E-state index contributed by atoms with van der Waals surface area (Å²) in [6, 6.07) is 10.4. The summed E-state index contributed by atoms with van der Waals surface area (Å²) in [6.45, 7) is 1.79. The number of aryl methyl sites for hydroxylation is 1. The molecule has 0 radical (unpaired) electrons. The molecule has 0 spiro atoms. The molecule has 20 heavy (non-hydrogen) atoms. The summed E-state index contributed by atoms with van der Waals surface area (Å²) >= 11 is 0. The van der Waals surface area contributed by atoms with Crippen molar-refractivity contribution in [2.75, 3.05) is 10.5 Å². The van der Waals surface area contributed by atoms with Crippen LogP contribution in [0.15, 0.2) is 42.5 Å². The molecule has 2 aromatic rings. The highest BCUT2D eigenvalue weighted by molar-refractivity contribution is 7.91. The Labute approximate surface area is 117 Å². The van der Waals surface area contributed by atoms with Crippen LogP contribution in [0.25, 0.3) is 0 Å². The lowest BCUT2D eigenvalue weighted by atomic mass is 10.2. The number of nitrogens with two attached hydrogens (primary N) is 1. The zero-order valence-corrected chi connectivity index (χ0v) is 11.7. The highest BCUT2D eigenvalue weighted by Gasteiger charge is 2.13. The molecular weight excluding hydrogens is 279 g/mol. The zero-order valence-electron chi connectivity index (χ0n) is 10.9. The smallest absolute Gasteiger partial charge is 0.236 e. The Morgan fingerprint density at radius 3 is 2.45 bits per heavy atom. The number of benzene rings is 2. The molecule has 0 unspecified atom stereocenters. The van der Waals surface area contributed by atoms with E-state index in [0.29, 0.717) is 16.9 Å². The molecule has 0 fully saturated rings. The molecule has 0 saturated heterocycles. The molecule has 0 atom stereocenters. The molecule has 2 rings (SSSR count). The number of hydrogen-bond donors (Lipinski definition) is 2. The molecule has 0 heterocycles. The molecule has 106 valence electrons. The lowest BCUT2D eigenvalue weighted by Gasteiger charge is -2.11. The predicted molar refractivity (Wildman–Crippen MR) is 78.2 cm³/mol. The van der Waals surface area contributed by atoms with E-state index in [4.69, 9.17) is 5.73 Å². The summed E-state index contributed by atoms with van der Waals surface area (Å²) in [7, 11) is -3.57. The van der Waals surface area contributed by atoms with E-state index in [2.05, 4.69) is 4.72 Å². The summed E-state index contributed by atoms with van der Waals surface area (Å²) in [5.74, 6) is -0.618. The molecule has 0 bridgehead atoms. The maximum atomic E-state index is 12.8.